The number of hydrogen-bond acceptors (Lipinski definition) is 7. The number of hydrogen-bond donors (Lipinski definition) is 0. The Morgan fingerprint density at radius 3 is 2.41 bits per heavy atom. The van der Waals surface area contributed by atoms with Crippen molar-refractivity contribution in [3.05, 3.63) is 51.8 Å². The minimum absolute atomic E-state index is 0.0940. The van der Waals surface area contributed by atoms with Gasteiger partial charge in [0, 0.05) is 43.0 Å². The molecule has 178 valence electrons. The normalized spacial score (nSPS) is 17.3. The molecule has 1 aliphatic carbocycles. The molecule has 2 fully saturated rings. The molecule has 0 N–H and O–H groups in total. The molecule has 0 radical (unpaired) electrons. The number of carbonyl (C=O) groups excluding carboxylic acids is 2. The van der Waals surface area contributed by atoms with Crippen LogP contribution in [0, 0.1) is 13.8 Å². The van der Waals surface area contributed by atoms with Gasteiger partial charge < -0.3 is 4.90 Å². The van der Waals surface area contributed by atoms with Crippen LogP contribution in [0.5, 0.6) is 0 Å². The van der Waals surface area contributed by atoms with Gasteiger partial charge in [-0.25, -0.2) is 18.4 Å². The molecule has 1 saturated carbocycles. The fourth-order valence-electron chi connectivity index (χ4n) is 4.39. The highest BCUT2D eigenvalue weighted by atomic mass is 32.2. The first kappa shape index (κ1) is 23.1. The number of rotatable bonds is 5. The molecule has 1 aromatic carbocycles. The van der Waals surface area contributed by atoms with Crippen LogP contribution in [0.25, 0.3) is 10.2 Å². The summed E-state index contributed by atoms with van der Waals surface area (Å²) >= 11 is 1.40. The summed E-state index contributed by atoms with van der Waals surface area (Å²) in [5.74, 6) is 1.03. The number of benzene rings is 1. The number of sulfonamides is 1. The van der Waals surface area contributed by atoms with E-state index in [1.807, 2.05) is 13.8 Å². The second-order valence-electron chi connectivity index (χ2n) is 8.96. The van der Waals surface area contributed by atoms with Gasteiger partial charge >= 0.3 is 0 Å². The highest BCUT2D eigenvalue weighted by Gasteiger charge is 2.33. The molecule has 1 saturated heterocycles. The predicted molar refractivity (Wildman–Crippen MR) is 130 cm³/mol. The second-order valence-corrected chi connectivity index (χ2v) is 11.9. The fraction of sp³-hybridized carbons (Fsp3) is 0.417. The summed E-state index contributed by atoms with van der Waals surface area (Å²) in [5, 5.41) is 0.948. The van der Waals surface area contributed by atoms with E-state index < -0.39 is 10.0 Å². The van der Waals surface area contributed by atoms with Gasteiger partial charge in [0.2, 0.25) is 10.0 Å². The number of nitrogens with zero attached hydrogens (tertiary/aromatic N) is 4. The lowest BCUT2D eigenvalue weighted by atomic mass is 10.1. The summed E-state index contributed by atoms with van der Waals surface area (Å²) in [6, 6.07) is 6.09. The summed E-state index contributed by atoms with van der Waals surface area (Å²) < 4.78 is 27.6. The molecule has 2 aromatic heterocycles. The lowest BCUT2D eigenvalue weighted by Gasteiger charge is -2.34. The van der Waals surface area contributed by atoms with Crippen molar-refractivity contribution in [1.82, 2.24) is 19.2 Å². The van der Waals surface area contributed by atoms with Crippen molar-refractivity contribution >= 4 is 43.3 Å². The average molecular weight is 499 g/mol. The van der Waals surface area contributed by atoms with E-state index in [4.69, 9.17) is 4.98 Å². The van der Waals surface area contributed by atoms with E-state index in [9.17, 15) is 18.0 Å². The highest BCUT2D eigenvalue weighted by molar-refractivity contribution is 7.89. The van der Waals surface area contributed by atoms with Gasteiger partial charge in [-0.15, -0.1) is 11.3 Å². The quantitative estimate of drug-likeness (QED) is 0.499. The molecule has 1 aliphatic heterocycles. The van der Waals surface area contributed by atoms with Crippen molar-refractivity contribution in [2.24, 2.45) is 0 Å². The summed E-state index contributed by atoms with van der Waals surface area (Å²) in [4.78, 5) is 37.7. The van der Waals surface area contributed by atoms with E-state index >= 15 is 0 Å². The molecular formula is C24H26N4O4S2. The number of piperazine rings is 1. The van der Waals surface area contributed by atoms with Gasteiger partial charge in [0.15, 0.2) is 5.78 Å². The Balaban J connectivity index is 1.34. The Morgan fingerprint density at radius 2 is 1.76 bits per heavy atom. The van der Waals surface area contributed by atoms with Crippen LogP contribution in [0.2, 0.25) is 0 Å². The predicted octanol–water partition coefficient (Wildman–Crippen LogP) is 3.53. The molecule has 3 heterocycles. The minimum Gasteiger partial charge on any atom is -0.335 e. The van der Waals surface area contributed by atoms with Crippen LogP contribution >= 0.6 is 11.3 Å². The number of amides is 1. The van der Waals surface area contributed by atoms with Crippen LogP contribution in [0.1, 0.15) is 62.8 Å². The van der Waals surface area contributed by atoms with Gasteiger partial charge in [-0.2, -0.15) is 4.31 Å². The Hall–Kier alpha value is -2.69. The van der Waals surface area contributed by atoms with Crippen molar-refractivity contribution < 1.29 is 18.0 Å². The average Bonchev–Trinajstić information content (AvgIpc) is 3.62. The zero-order chi connectivity index (χ0) is 24.2. The van der Waals surface area contributed by atoms with E-state index in [1.54, 1.807) is 17.0 Å². The lowest BCUT2D eigenvalue weighted by Crippen LogP contribution is -2.50. The third-order valence-corrected chi connectivity index (χ3v) is 9.60. The van der Waals surface area contributed by atoms with E-state index in [0.717, 1.165) is 40.1 Å². The first-order valence-electron chi connectivity index (χ1n) is 11.3. The molecule has 0 bridgehead atoms. The van der Waals surface area contributed by atoms with Crippen LogP contribution in [0.3, 0.4) is 0 Å². The molecule has 0 unspecified atom stereocenters. The van der Waals surface area contributed by atoms with Gasteiger partial charge in [0.25, 0.3) is 5.91 Å². The molecule has 0 atom stereocenters. The van der Waals surface area contributed by atoms with Gasteiger partial charge in [-0.05, 0) is 51.3 Å². The topological polar surface area (TPSA) is 101 Å². The zero-order valence-electron chi connectivity index (χ0n) is 19.4. The van der Waals surface area contributed by atoms with Crippen LogP contribution in [-0.2, 0) is 10.0 Å². The summed E-state index contributed by atoms with van der Waals surface area (Å²) in [6.07, 6.45) is 2.24. The molecule has 2 aliphatic rings. The van der Waals surface area contributed by atoms with Crippen LogP contribution in [0.15, 0.2) is 29.2 Å². The molecule has 8 nitrogen and oxygen atoms in total. The van der Waals surface area contributed by atoms with Crippen LogP contribution in [0.4, 0.5) is 0 Å². The molecule has 10 heteroatoms. The fourth-order valence-corrected chi connectivity index (χ4v) is 7.06. The molecule has 34 heavy (non-hydrogen) atoms. The van der Waals surface area contributed by atoms with Gasteiger partial charge in [0.05, 0.1) is 15.5 Å². The maximum atomic E-state index is 13.4. The third kappa shape index (κ3) is 4.03. The number of aromatic nitrogens is 2. The molecule has 0 spiro atoms. The molecule has 5 rings (SSSR count). The standard InChI is InChI=1S/C24H26N4O4S2/c1-14-20-15(2)25-22(17-7-8-17)26-23(20)33-21(14)24(30)27-9-11-28(12-10-27)34(31,32)19-6-4-5-18(13-19)16(3)29/h4-6,13,17H,7-12H2,1-3H3. The number of carbonyl (C=O) groups is 2. The van der Waals surface area contributed by atoms with Gasteiger partial charge in [-0.3, -0.25) is 9.59 Å². The first-order chi connectivity index (χ1) is 16.2. The monoisotopic (exact) mass is 498 g/mol. The van der Waals surface area contributed by atoms with E-state index in [0.29, 0.717) is 29.4 Å². The number of thiophene rings is 1. The van der Waals surface area contributed by atoms with Crippen LogP contribution in [-0.4, -0.2) is 65.5 Å². The summed E-state index contributed by atoms with van der Waals surface area (Å²) in [5.41, 5.74) is 2.16. The van der Waals surface area contributed by atoms with Crippen molar-refractivity contribution in [2.45, 2.75) is 44.4 Å². The Bertz CT molecular complexity index is 1420. The lowest BCUT2D eigenvalue weighted by molar-refractivity contribution is 0.0702. The van der Waals surface area contributed by atoms with E-state index in [-0.39, 0.29) is 29.7 Å². The maximum absolute atomic E-state index is 13.4. The van der Waals surface area contributed by atoms with Crippen molar-refractivity contribution in [3.63, 3.8) is 0 Å². The molecule has 3 aromatic rings. The van der Waals surface area contributed by atoms with Crippen LogP contribution < -0.4 is 0 Å². The van der Waals surface area contributed by atoms with Gasteiger partial charge in [-0.1, -0.05) is 12.1 Å². The number of fused-ring (bicyclic) bond motifs is 1. The van der Waals surface area contributed by atoms with Crippen molar-refractivity contribution in [3.8, 4) is 0 Å². The maximum Gasteiger partial charge on any atom is 0.264 e. The largest absolute Gasteiger partial charge is 0.335 e. The Labute approximate surface area is 202 Å². The third-order valence-electron chi connectivity index (χ3n) is 6.53. The Morgan fingerprint density at radius 1 is 1.06 bits per heavy atom. The summed E-state index contributed by atoms with van der Waals surface area (Å²) in [7, 11) is -3.75. The summed E-state index contributed by atoms with van der Waals surface area (Å²) in [6.45, 7) is 6.31. The molecule has 1 amide bonds. The van der Waals surface area contributed by atoms with E-state index in [1.165, 1.54) is 34.7 Å². The van der Waals surface area contributed by atoms with E-state index in [2.05, 4.69) is 4.98 Å². The van der Waals surface area contributed by atoms with Crippen molar-refractivity contribution in [2.75, 3.05) is 26.2 Å². The second kappa shape index (κ2) is 8.51. The van der Waals surface area contributed by atoms with Gasteiger partial charge in [0.1, 0.15) is 10.7 Å². The highest BCUT2D eigenvalue weighted by Crippen LogP contribution is 2.40. The SMILES string of the molecule is CC(=O)c1cccc(S(=O)(=O)N2CCN(C(=O)c3sc4nc(C5CC5)nc(C)c4c3C)CC2)c1. The molecular weight excluding hydrogens is 472 g/mol. The van der Waals surface area contributed by atoms with Crippen molar-refractivity contribution in [1.29, 1.82) is 0 Å². The Kier molecular flexibility index (Phi) is 5.78. The first-order valence-corrected chi connectivity index (χ1v) is 13.6. The smallest absolute Gasteiger partial charge is 0.264 e. The number of aryl methyl sites for hydroxylation is 2. The number of ketones is 1. The number of Topliss-reactive ketones (excluding diaryl/α,β-unsaturated/α-hetero) is 1. The minimum atomic E-state index is -3.75. The zero-order valence-corrected chi connectivity index (χ0v) is 21.0.